The van der Waals surface area contributed by atoms with E-state index < -0.39 is 0 Å². The van der Waals surface area contributed by atoms with Crippen molar-refractivity contribution in [2.24, 2.45) is 0 Å². The summed E-state index contributed by atoms with van der Waals surface area (Å²) in [4.78, 5) is 9.65. The van der Waals surface area contributed by atoms with Gasteiger partial charge < -0.3 is 10.1 Å². The van der Waals surface area contributed by atoms with Crippen LogP contribution < -0.4 is 10.1 Å². The van der Waals surface area contributed by atoms with Crippen LogP contribution in [0.1, 0.15) is 13.3 Å². The van der Waals surface area contributed by atoms with E-state index in [0.29, 0.717) is 5.75 Å². The molecule has 0 aliphatic rings. The van der Waals surface area contributed by atoms with Crippen molar-refractivity contribution in [1.82, 2.24) is 9.97 Å². The third-order valence-corrected chi connectivity index (χ3v) is 4.07. The molecule has 6 heteroatoms. The van der Waals surface area contributed by atoms with Crippen LogP contribution in [0.4, 0.5) is 5.82 Å². The molecule has 0 spiro atoms. The number of nitrogens with zero attached hydrogens (tertiary/aromatic N) is 2. The molecule has 1 aromatic heterocycles. The Bertz CT molecular complexity index is 563. The summed E-state index contributed by atoms with van der Waals surface area (Å²) >= 11 is 4.99. The molecule has 1 N–H and O–H groups in total. The van der Waals surface area contributed by atoms with Gasteiger partial charge in [-0.25, -0.2) is 9.97 Å². The zero-order valence-corrected chi connectivity index (χ0v) is 13.8. The molecule has 20 heavy (non-hydrogen) atoms. The average molecular weight is 354 g/mol. The second kappa shape index (κ2) is 7.50. The van der Waals surface area contributed by atoms with Crippen LogP contribution in [0.15, 0.2) is 45.0 Å². The molecule has 0 unspecified atom stereocenters. The van der Waals surface area contributed by atoms with E-state index in [-0.39, 0.29) is 0 Å². The van der Waals surface area contributed by atoms with Crippen LogP contribution in [0.25, 0.3) is 0 Å². The number of hydrogen-bond donors (Lipinski definition) is 1. The van der Waals surface area contributed by atoms with Crippen molar-refractivity contribution in [3.63, 3.8) is 0 Å². The van der Waals surface area contributed by atoms with E-state index in [1.165, 1.54) is 0 Å². The Kier molecular flexibility index (Phi) is 5.67. The molecule has 0 saturated carbocycles. The molecule has 1 aromatic carbocycles. The quantitative estimate of drug-likeness (QED) is 0.787. The highest BCUT2D eigenvalue weighted by Gasteiger charge is 2.13. The molecule has 0 amide bonds. The van der Waals surface area contributed by atoms with Gasteiger partial charge in [0.15, 0.2) is 11.6 Å². The van der Waals surface area contributed by atoms with Gasteiger partial charge in [0.05, 0.1) is 7.11 Å². The number of rotatable bonds is 6. The maximum absolute atomic E-state index is 5.45. The predicted molar refractivity (Wildman–Crippen MR) is 85.6 cm³/mol. The van der Waals surface area contributed by atoms with Crippen molar-refractivity contribution in [3.8, 4) is 5.75 Å². The fraction of sp³-hybridized carbons (Fsp3) is 0.286. The number of hydrogen-bond acceptors (Lipinski definition) is 5. The second-order valence-electron chi connectivity index (χ2n) is 4.04. The van der Waals surface area contributed by atoms with Crippen molar-refractivity contribution in [2.75, 3.05) is 19.0 Å². The van der Waals surface area contributed by atoms with Gasteiger partial charge in [0.2, 0.25) is 0 Å². The summed E-state index contributed by atoms with van der Waals surface area (Å²) in [5.41, 5.74) is 0. The molecule has 0 aliphatic carbocycles. The lowest BCUT2D eigenvalue weighted by atomic mass is 10.4. The number of nitrogens with one attached hydrogen (secondary N) is 1. The van der Waals surface area contributed by atoms with Crippen LogP contribution in [0, 0.1) is 0 Å². The first-order valence-electron chi connectivity index (χ1n) is 6.31. The number of halogens is 1. The van der Waals surface area contributed by atoms with Crippen LogP contribution >= 0.6 is 27.7 Å². The van der Waals surface area contributed by atoms with Crippen LogP contribution in [0.3, 0.4) is 0 Å². The van der Waals surface area contributed by atoms with Crippen molar-refractivity contribution in [1.29, 1.82) is 0 Å². The number of ether oxygens (including phenoxy) is 1. The lowest BCUT2D eigenvalue weighted by molar-refractivity contribution is 0.400. The van der Waals surface area contributed by atoms with Gasteiger partial charge in [-0.1, -0.05) is 34.6 Å². The average Bonchev–Trinajstić information content (AvgIpc) is 2.47. The van der Waals surface area contributed by atoms with Crippen LogP contribution in [-0.4, -0.2) is 23.6 Å². The molecule has 1 heterocycles. The van der Waals surface area contributed by atoms with E-state index in [0.717, 1.165) is 33.2 Å². The van der Waals surface area contributed by atoms with E-state index in [1.54, 1.807) is 25.2 Å². The van der Waals surface area contributed by atoms with E-state index in [4.69, 9.17) is 4.74 Å². The molecule has 0 aliphatic heterocycles. The Hall–Kier alpha value is -1.27. The first kappa shape index (κ1) is 15.1. The fourth-order valence-electron chi connectivity index (χ4n) is 1.60. The van der Waals surface area contributed by atoms with Crippen LogP contribution in [0.2, 0.25) is 0 Å². The second-order valence-corrected chi connectivity index (χ2v) is 6.02. The Balaban J connectivity index is 2.24. The van der Waals surface area contributed by atoms with Crippen molar-refractivity contribution >= 4 is 33.5 Å². The molecule has 0 fully saturated rings. The van der Waals surface area contributed by atoms with Gasteiger partial charge >= 0.3 is 0 Å². The topological polar surface area (TPSA) is 47.0 Å². The monoisotopic (exact) mass is 353 g/mol. The lowest BCUT2D eigenvalue weighted by Gasteiger charge is -2.12. The van der Waals surface area contributed by atoms with Crippen LogP contribution in [0.5, 0.6) is 5.75 Å². The normalized spacial score (nSPS) is 10.3. The molecule has 0 atom stereocenters. The number of aromatic nitrogens is 2. The molecular formula is C14H16BrN3OS. The number of benzene rings is 1. The lowest BCUT2D eigenvalue weighted by Crippen LogP contribution is -2.05. The van der Waals surface area contributed by atoms with Gasteiger partial charge in [0, 0.05) is 15.9 Å². The molecular weight excluding hydrogens is 338 g/mol. The molecule has 0 saturated heterocycles. The summed E-state index contributed by atoms with van der Waals surface area (Å²) < 4.78 is 6.51. The minimum absolute atomic E-state index is 0.689. The highest BCUT2D eigenvalue weighted by Crippen LogP contribution is 2.36. The summed E-state index contributed by atoms with van der Waals surface area (Å²) in [6.07, 6.45) is 2.59. The van der Waals surface area contributed by atoms with Crippen molar-refractivity contribution in [3.05, 3.63) is 35.1 Å². The summed E-state index contributed by atoms with van der Waals surface area (Å²) in [5.74, 6) is 1.43. The van der Waals surface area contributed by atoms with Gasteiger partial charge in [-0.15, -0.1) is 0 Å². The van der Waals surface area contributed by atoms with Gasteiger partial charge in [-0.2, -0.15) is 0 Å². The highest BCUT2D eigenvalue weighted by atomic mass is 79.9. The molecule has 0 bridgehead atoms. The van der Waals surface area contributed by atoms with E-state index in [1.807, 2.05) is 24.3 Å². The Morgan fingerprint density at radius 2 is 2.00 bits per heavy atom. The van der Waals surface area contributed by atoms with Gasteiger partial charge in [-0.3, -0.25) is 0 Å². The van der Waals surface area contributed by atoms with Crippen molar-refractivity contribution in [2.45, 2.75) is 23.3 Å². The maximum atomic E-state index is 5.45. The molecule has 2 aromatic rings. The fourth-order valence-corrected chi connectivity index (χ4v) is 2.73. The highest BCUT2D eigenvalue weighted by molar-refractivity contribution is 9.10. The van der Waals surface area contributed by atoms with E-state index in [2.05, 4.69) is 38.1 Å². The number of anilines is 1. The molecule has 0 radical (unpaired) electrons. The van der Waals surface area contributed by atoms with Gasteiger partial charge in [-0.05, 0) is 30.7 Å². The number of methoxy groups -OCH3 is 1. The maximum Gasteiger partial charge on any atom is 0.194 e. The first-order valence-corrected chi connectivity index (χ1v) is 7.91. The predicted octanol–water partition coefficient (Wildman–Crippen LogP) is 4.22. The summed E-state index contributed by atoms with van der Waals surface area (Å²) in [5, 5.41) is 4.06. The van der Waals surface area contributed by atoms with Gasteiger partial charge in [0.25, 0.3) is 0 Å². The van der Waals surface area contributed by atoms with Gasteiger partial charge in [0.1, 0.15) is 11.4 Å². The molecule has 4 nitrogen and oxygen atoms in total. The zero-order chi connectivity index (χ0) is 14.4. The standard InChI is InChI=1S/C14H16BrN3OS/c1-3-8-16-13-12(19-2)14(18-9-17-13)20-11-6-4-10(15)5-7-11/h4-7,9H,3,8H2,1-2H3,(H,16,17,18). The molecule has 2 rings (SSSR count). The minimum Gasteiger partial charge on any atom is -0.490 e. The summed E-state index contributed by atoms with van der Waals surface area (Å²) in [6.45, 7) is 2.97. The summed E-state index contributed by atoms with van der Waals surface area (Å²) in [6, 6.07) is 8.09. The largest absolute Gasteiger partial charge is 0.490 e. The minimum atomic E-state index is 0.689. The Morgan fingerprint density at radius 1 is 1.25 bits per heavy atom. The zero-order valence-electron chi connectivity index (χ0n) is 11.4. The third kappa shape index (κ3) is 3.86. The smallest absolute Gasteiger partial charge is 0.194 e. The van der Waals surface area contributed by atoms with Crippen molar-refractivity contribution < 1.29 is 4.74 Å². The van der Waals surface area contributed by atoms with E-state index in [9.17, 15) is 0 Å². The Morgan fingerprint density at radius 3 is 2.65 bits per heavy atom. The van der Waals surface area contributed by atoms with E-state index >= 15 is 0 Å². The first-order chi connectivity index (χ1) is 9.74. The summed E-state index contributed by atoms with van der Waals surface area (Å²) in [7, 11) is 1.64. The third-order valence-electron chi connectivity index (χ3n) is 2.55. The Labute approximate surface area is 131 Å². The molecule has 106 valence electrons. The van der Waals surface area contributed by atoms with Crippen LogP contribution in [-0.2, 0) is 0 Å². The SMILES string of the molecule is CCCNc1ncnc(Sc2ccc(Br)cc2)c1OC.